The predicted molar refractivity (Wildman–Crippen MR) is 187 cm³/mol. The molecule has 0 spiro atoms. The average molecular weight is 696 g/mol. The summed E-state index contributed by atoms with van der Waals surface area (Å²) in [6.07, 6.45) is 7.96. The highest BCUT2D eigenvalue weighted by molar-refractivity contribution is 6.33. The summed E-state index contributed by atoms with van der Waals surface area (Å²) in [7, 11) is 0. The summed E-state index contributed by atoms with van der Waals surface area (Å²) >= 11 is 6.31. The number of aliphatic hydroxyl groups excluding tert-OH is 1. The SMILES string of the molecule is Cc1cc(OCCOCCO)ncc1-c1cc2c(N[C@H]3CC[C@H](NC(=O)OC(C)(C)C)CC3)c(/C(N)=N/c3cc(F)ccc3Cl)cnn2c1. The lowest BCUT2D eigenvalue weighted by Gasteiger charge is -2.31. The van der Waals surface area contributed by atoms with Gasteiger partial charge in [0.2, 0.25) is 5.88 Å². The van der Waals surface area contributed by atoms with Crippen molar-refractivity contribution in [1.29, 1.82) is 0 Å². The highest BCUT2D eigenvalue weighted by atomic mass is 35.5. The van der Waals surface area contributed by atoms with Gasteiger partial charge in [-0.05, 0) is 77.1 Å². The fraction of sp³-hybridized carbons (Fsp3) is 0.429. The van der Waals surface area contributed by atoms with Crippen LogP contribution < -0.4 is 21.1 Å². The van der Waals surface area contributed by atoms with Crippen molar-refractivity contribution in [3.63, 3.8) is 0 Å². The van der Waals surface area contributed by atoms with Crippen LogP contribution in [-0.2, 0) is 9.47 Å². The molecule has 0 saturated heterocycles. The largest absolute Gasteiger partial charge is 0.475 e. The molecule has 0 bridgehead atoms. The van der Waals surface area contributed by atoms with Gasteiger partial charge in [0.1, 0.15) is 23.9 Å². The van der Waals surface area contributed by atoms with Gasteiger partial charge in [0, 0.05) is 47.7 Å². The van der Waals surface area contributed by atoms with Crippen molar-refractivity contribution >= 4 is 40.4 Å². The van der Waals surface area contributed by atoms with Gasteiger partial charge < -0.3 is 35.7 Å². The smallest absolute Gasteiger partial charge is 0.407 e. The lowest BCUT2D eigenvalue weighted by atomic mass is 9.91. The first-order valence-corrected chi connectivity index (χ1v) is 16.6. The standard InChI is InChI=1S/C35H43ClFN7O5/c1-21-15-31(48-14-13-47-12-11-45)39-18-26(21)22-16-30-32(41-24-6-8-25(9-7-24)42-34(46)49-35(2,3)4)27(19-40-44(30)20-22)33(38)43-29-17-23(37)5-10-28(29)36/h5,10,15-20,24-25,41,45H,6-9,11-14H2,1-4H3,(H2,38,43)(H,42,46)/t24-,25-. The number of aromatic nitrogens is 3. The molecule has 262 valence electrons. The fourth-order valence-corrected chi connectivity index (χ4v) is 5.81. The molecule has 49 heavy (non-hydrogen) atoms. The molecule has 12 nitrogen and oxygen atoms in total. The topological polar surface area (TPSA) is 158 Å². The molecule has 1 aromatic carbocycles. The molecule has 3 heterocycles. The Morgan fingerprint density at radius 1 is 1.12 bits per heavy atom. The second kappa shape index (κ2) is 15.8. The third-order valence-corrected chi connectivity index (χ3v) is 8.29. The molecular weight excluding hydrogens is 653 g/mol. The zero-order chi connectivity index (χ0) is 35.1. The van der Waals surface area contributed by atoms with Crippen LogP contribution in [0.1, 0.15) is 57.6 Å². The monoisotopic (exact) mass is 695 g/mol. The Bertz CT molecular complexity index is 1800. The average Bonchev–Trinajstić information content (AvgIpc) is 3.47. The van der Waals surface area contributed by atoms with Crippen molar-refractivity contribution in [1.82, 2.24) is 19.9 Å². The van der Waals surface area contributed by atoms with E-state index >= 15 is 0 Å². The highest BCUT2D eigenvalue weighted by Crippen LogP contribution is 2.34. The second-order valence-electron chi connectivity index (χ2n) is 12.9. The molecule has 3 aromatic heterocycles. The van der Waals surface area contributed by atoms with Crippen LogP contribution in [-0.4, -0.2) is 75.7 Å². The molecule has 5 rings (SSSR count). The Morgan fingerprint density at radius 3 is 2.59 bits per heavy atom. The maximum absolute atomic E-state index is 14.1. The number of amidine groups is 1. The van der Waals surface area contributed by atoms with Crippen molar-refractivity contribution in [2.24, 2.45) is 10.7 Å². The Hall–Kier alpha value is -4.46. The molecular formula is C35H43ClFN7O5. The van der Waals surface area contributed by atoms with E-state index in [9.17, 15) is 9.18 Å². The van der Waals surface area contributed by atoms with Crippen LogP contribution in [0.4, 0.5) is 20.6 Å². The summed E-state index contributed by atoms with van der Waals surface area (Å²) in [5.41, 5.74) is 10.9. The maximum Gasteiger partial charge on any atom is 0.407 e. The molecule has 1 aliphatic carbocycles. The molecule has 0 unspecified atom stereocenters. The number of amides is 1. The number of fused-ring (bicyclic) bond motifs is 1. The predicted octanol–water partition coefficient (Wildman–Crippen LogP) is 6.17. The van der Waals surface area contributed by atoms with Gasteiger partial charge in [-0.1, -0.05) is 11.6 Å². The zero-order valence-electron chi connectivity index (χ0n) is 28.1. The van der Waals surface area contributed by atoms with Crippen molar-refractivity contribution in [2.75, 3.05) is 31.7 Å². The first-order chi connectivity index (χ1) is 23.4. The van der Waals surface area contributed by atoms with Crippen molar-refractivity contribution in [3.05, 3.63) is 70.9 Å². The lowest BCUT2D eigenvalue weighted by molar-refractivity contribution is 0.0492. The Labute approximate surface area is 289 Å². The van der Waals surface area contributed by atoms with Crippen LogP contribution in [0.15, 0.2) is 53.9 Å². The van der Waals surface area contributed by atoms with E-state index in [1.165, 1.54) is 18.2 Å². The Morgan fingerprint density at radius 2 is 1.88 bits per heavy atom. The van der Waals surface area contributed by atoms with Gasteiger partial charge >= 0.3 is 6.09 Å². The van der Waals surface area contributed by atoms with Crippen LogP contribution in [0.5, 0.6) is 5.88 Å². The number of carbonyl (C=O) groups excluding carboxylic acids is 1. The minimum Gasteiger partial charge on any atom is -0.475 e. The van der Waals surface area contributed by atoms with E-state index in [-0.39, 0.29) is 41.8 Å². The number of nitrogens with zero attached hydrogens (tertiary/aromatic N) is 4. The molecule has 14 heteroatoms. The number of aliphatic imine (C=N–C) groups is 1. The highest BCUT2D eigenvalue weighted by Gasteiger charge is 2.26. The number of hydrogen-bond acceptors (Lipinski definition) is 9. The van der Waals surface area contributed by atoms with E-state index in [4.69, 9.17) is 36.7 Å². The van der Waals surface area contributed by atoms with E-state index in [2.05, 4.69) is 25.7 Å². The molecule has 4 aromatic rings. The normalized spacial score (nSPS) is 16.8. The number of hydrogen-bond donors (Lipinski definition) is 4. The second-order valence-corrected chi connectivity index (χ2v) is 13.4. The number of anilines is 1. The number of halogens is 2. The van der Waals surface area contributed by atoms with Gasteiger partial charge in [-0.3, -0.25) is 0 Å². The van der Waals surface area contributed by atoms with Crippen molar-refractivity contribution in [3.8, 4) is 17.0 Å². The number of pyridine rings is 1. The summed E-state index contributed by atoms with van der Waals surface area (Å²) in [5.74, 6) is 0.110. The molecule has 0 radical (unpaired) electrons. The van der Waals surface area contributed by atoms with Crippen molar-refractivity contribution in [2.45, 2.75) is 71.1 Å². The molecule has 0 aliphatic heterocycles. The van der Waals surface area contributed by atoms with E-state index in [0.29, 0.717) is 30.3 Å². The number of ether oxygens (including phenoxy) is 3. The minimum absolute atomic E-state index is 0.00183. The van der Waals surface area contributed by atoms with E-state index in [1.807, 2.05) is 46.0 Å². The van der Waals surface area contributed by atoms with Gasteiger partial charge in [-0.25, -0.2) is 23.7 Å². The third kappa shape index (κ3) is 9.58. The van der Waals surface area contributed by atoms with E-state index < -0.39 is 17.5 Å². The third-order valence-electron chi connectivity index (χ3n) is 7.97. The van der Waals surface area contributed by atoms with Crippen LogP contribution in [0.3, 0.4) is 0 Å². The molecule has 1 saturated carbocycles. The number of nitrogens with one attached hydrogen (secondary N) is 2. The molecule has 1 aliphatic rings. The quantitative estimate of drug-likeness (QED) is 0.0773. The molecule has 1 fully saturated rings. The number of alkyl carbamates (subject to hydrolysis) is 1. The number of nitrogens with two attached hydrogens (primary N) is 1. The summed E-state index contributed by atoms with van der Waals surface area (Å²) in [5, 5.41) is 20.4. The van der Waals surface area contributed by atoms with Gasteiger partial charge in [-0.15, -0.1) is 0 Å². The number of rotatable bonds is 12. The molecule has 1 amide bonds. The molecule has 0 atom stereocenters. The lowest BCUT2D eigenvalue weighted by Crippen LogP contribution is -2.42. The number of benzene rings is 1. The van der Waals surface area contributed by atoms with Crippen molar-refractivity contribution < 1.29 is 28.5 Å². The first kappa shape index (κ1) is 35.8. The van der Waals surface area contributed by atoms with Gasteiger partial charge in [0.05, 0.1) is 53.5 Å². The molecule has 5 N–H and O–H groups in total. The number of aliphatic hydroxyl groups is 1. The van der Waals surface area contributed by atoms with Crippen LogP contribution in [0.25, 0.3) is 16.6 Å². The maximum atomic E-state index is 14.1. The van der Waals surface area contributed by atoms with E-state index in [1.54, 1.807) is 16.9 Å². The summed E-state index contributed by atoms with van der Waals surface area (Å²) in [6.45, 7) is 8.37. The Balaban J connectivity index is 1.42. The van der Waals surface area contributed by atoms with Gasteiger partial charge in [-0.2, -0.15) is 5.10 Å². The summed E-state index contributed by atoms with van der Waals surface area (Å²) < 4.78 is 32.2. The number of carbonyl (C=O) groups is 1. The Kier molecular flexibility index (Phi) is 11.6. The van der Waals surface area contributed by atoms with Gasteiger partial charge in [0.25, 0.3) is 0 Å². The summed E-state index contributed by atoms with van der Waals surface area (Å²) in [6, 6.07) is 7.85. The fourth-order valence-electron chi connectivity index (χ4n) is 5.65. The zero-order valence-corrected chi connectivity index (χ0v) is 28.9. The van der Waals surface area contributed by atoms with Gasteiger partial charge in [0.15, 0.2) is 0 Å². The van der Waals surface area contributed by atoms with Crippen LogP contribution in [0, 0.1) is 12.7 Å². The van der Waals surface area contributed by atoms with Crippen LogP contribution >= 0.6 is 11.6 Å². The number of aryl methyl sites for hydroxylation is 1. The minimum atomic E-state index is -0.569. The van der Waals surface area contributed by atoms with Crippen LogP contribution in [0.2, 0.25) is 5.02 Å². The van der Waals surface area contributed by atoms with E-state index in [0.717, 1.165) is 47.9 Å². The first-order valence-electron chi connectivity index (χ1n) is 16.3. The summed E-state index contributed by atoms with van der Waals surface area (Å²) in [4.78, 5) is 21.3.